The molecule has 54 heavy (non-hydrogen) atoms. The van der Waals surface area contributed by atoms with E-state index in [0.717, 1.165) is 71.9 Å². The third-order valence-electron chi connectivity index (χ3n) is 10.7. The number of hydrogen-bond donors (Lipinski definition) is 0. The first-order valence-corrected chi connectivity index (χ1v) is 18.2. The van der Waals surface area contributed by atoms with Gasteiger partial charge in [0.05, 0.1) is 28.1 Å². The molecule has 0 aliphatic rings. The van der Waals surface area contributed by atoms with Crippen LogP contribution in [0.2, 0.25) is 0 Å². The van der Waals surface area contributed by atoms with Crippen LogP contribution in [0.15, 0.2) is 182 Å². The summed E-state index contributed by atoms with van der Waals surface area (Å²) in [5.41, 5.74) is 8.60. The molecule has 11 rings (SSSR count). The first-order valence-electron chi connectivity index (χ1n) is 18.2. The number of aromatic nitrogens is 4. The first-order chi connectivity index (χ1) is 26.8. The number of pyridine rings is 2. The average Bonchev–Trinajstić information content (AvgIpc) is 3.26. The molecule has 0 atom stereocenters. The number of fused-ring (bicyclic) bond motifs is 10. The quantitative estimate of drug-likeness (QED) is 0.173. The Balaban J connectivity index is 1.12. The summed E-state index contributed by atoms with van der Waals surface area (Å²) in [5.74, 6) is 0.690. The molecule has 0 amide bonds. The van der Waals surface area contributed by atoms with Crippen molar-refractivity contribution < 1.29 is 0 Å². The van der Waals surface area contributed by atoms with E-state index in [1.54, 1.807) is 0 Å². The summed E-state index contributed by atoms with van der Waals surface area (Å²) in [5, 5.41) is 11.8. The summed E-state index contributed by atoms with van der Waals surface area (Å²) in [4.78, 5) is 20.4. The van der Waals surface area contributed by atoms with Gasteiger partial charge in [-0.25, -0.2) is 15.0 Å². The molecule has 4 nitrogen and oxygen atoms in total. The molecule has 0 aliphatic carbocycles. The van der Waals surface area contributed by atoms with E-state index < -0.39 is 0 Å². The van der Waals surface area contributed by atoms with E-state index in [1.165, 1.54) is 32.3 Å². The predicted octanol–water partition coefficient (Wildman–Crippen LogP) is 12.9. The molecule has 0 saturated carbocycles. The van der Waals surface area contributed by atoms with Gasteiger partial charge in [0.15, 0.2) is 5.82 Å². The third kappa shape index (κ3) is 4.85. The van der Waals surface area contributed by atoms with Crippen LogP contribution < -0.4 is 0 Å². The van der Waals surface area contributed by atoms with Crippen molar-refractivity contribution in [2.45, 2.75) is 0 Å². The fourth-order valence-corrected chi connectivity index (χ4v) is 8.14. The molecule has 0 bridgehead atoms. The van der Waals surface area contributed by atoms with Crippen LogP contribution >= 0.6 is 0 Å². The fourth-order valence-electron chi connectivity index (χ4n) is 8.14. The van der Waals surface area contributed by atoms with Gasteiger partial charge in [-0.1, -0.05) is 152 Å². The molecule has 0 fully saturated rings. The Morgan fingerprint density at radius 3 is 1.56 bits per heavy atom. The molecule has 0 saturated heterocycles. The van der Waals surface area contributed by atoms with E-state index in [2.05, 4.69) is 152 Å². The third-order valence-corrected chi connectivity index (χ3v) is 10.7. The zero-order valence-corrected chi connectivity index (χ0v) is 29.1. The molecule has 0 spiro atoms. The lowest BCUT2D eigenvalue weighted by Gasteiger charge is -2.15. The van der Waals surface area contributed by atoms with Crippen molar-refractivity contribution in [1.29, 1.82) is 0 Å². The molecular weight excluding hydrogens is 657 g/mol. The highest BCUT2D eigenvalue weighted by molar-refractivity contribution is 6.25. The van der Waals surface area contributed by atoms with Gasteiger partial charge in [0.1, 0.15) is 0 Å². The normalized spacial score (nSPS) is 11.7. The molecule has 3 aromatic heterocycles. The van der Waals surface area contributed by atoms with E-state index in [-0.39, 0.29) is 0 Å². The summed E-state index contributed by atoms with van der Waals surface area (Å²) in [7, 11) is 0. The molecule has 250 valence electrons. The van der Waals surface area contributed by atoms with Gasteiger partial charge < -0.3 is 0 Å². The van der Waals surface area contributed by atoms with Crippen molar-refractivity contribution in [1.82, 2.24) is 19.9 Å². The summed E-state index contributed by atoms with van der Waals surface area (Å²) in [6.45, 7) is 0. The summed E-state index contributed by atoms with van der Waals surface area (Å²) < 4.78 is 0. The lowest BCUT2D eigenvalue weighted by molar-refractivity contribution is 1.19. The second-order valence-corrected chi connectivity index (χ2v) is 13.8. The Kier molecular flexibility index (Phi) is 6.82. The average molecular weight is 687 g/mol. The molecule has 0 aliphatic heterocycles. The Morgan fingerprint density at radius 2 is 0.852 bits per heavy atom. The van der Waals surface area contributed by atoms with E-state index in [0.29, 0.717) is 5.82 Å². The minimum Gasteiger partial charge on any atom is -0.254 e. The van der Waals surface area contributed by atoms with Crippen LogP contribution in [-0.2, 0) is 0 Å². The summed E-state index contributed by atoms with van der Waals surface area (Å²) >= 11 is 0. The van der Waals surface area contributed by atoms with Crippen LogP contribution in [-0.4, -0.2) is 19.9 Å². The second kappa shape index (κ2) is 12.1. The highest BCUT2D eigenvalue weighted by Crippen LogP contribution is 2.40. The zero-order valence-electron chi connectivity index (χ0n) is 29.1. The lowest BCUT2D eigenvalue weighted by Crippen LogP contribution is -1.97. The SMILES string of the molecule is c1ccc(-c2nc(-c3ccc4c5ccccc5c5ccccc5c4c3)cc(-c3ccc(-c4ccc5ccc6cccnc6c5n4)c4ccccc34)n2)cc1. The van der Waals surface area contributed by atoms with Crippen molar-refractivity contribution in [3.8, 4) is 45.2 Å². The summed E-state index contributed by atoms with van der Waals surface area (Å²) in [6, 6.07) is 62.0. The Labute approximate surface area is 311 Å². The van der Waals surface area contributed by atoms with Gasteiger partial charge in [-0.15, -0.1) is 0 Å². The molecule has 0 radical (unpaired) electrons. The zero-order chi connectivity index (χ0) is 35.6. The predicted molar refractivity (Wildman–Crippen MR) is 224 cm³/mol. The van der Waals surface area contributed by atoms with Crippen LogP contribution in [0.1, 0.15) is 0 Å². The van der Waals surface area contributed by atoms with Crippen molar-refractivity contribution in [3.63, 3.8) is 0 Å². The van der Waals surface area contributed by atoms with Crippen molar-refractivity contribution in [3.05, 3.63) is 182 Å². The smallest absolute Gasteiger partial charge is 0.160 e. The lowest BCUT2D eigenvalue weighted by atomic mass is 9.92. The molecule has 3 heterocycles. The van der Waals surface area contributed by atoms with Crippen LogP contribution in [0.5, 0.6) is 0 Å². The van der Waals surface area contributed by atoms with Gasteiger partial charge >= 0.3 is 0 Å². The molecular formula is C50H30N4. The maximum atomic E-state index is 5.25. The fraction of sp³-hybridized carbons (Fsp3) is 0. The van der Waals surface area contributed by atoms with Crippen molar-refractivity contribution >= 4 is 64.9 Å². The largest absolute Gasteiger partial charge is 0.254 e. The van der Waals surface area contributed by atoms with E-state index >= 15 is 0 Å². The van der Waals surface area contributed by atoms with E-state index in [4.69, 9.17) is 19.9 Å². The van der Waals surface area contributed by atoms with Crippen LogP contribution in [0.3, 0.4) is 0 Å². The van der Waals surface area contributed by atoms with Gasteiger partial charge in [0.2, 0.25) is 0 Å². The van der Waals surface area contributed by atoms with Gasteiger partial charge in [0.25, 0.3) is 0 Å². The van der Waals surface area contributed by atoms with Crippen LogP contribution in [0, 0.1) is 0 Å². The van der Waals surface area contributed by atoms with Gasteiger partial charge in [0, 0.05) is 39.2 Å². The number of hydrogen-bond acceptors (Lipinski definition) is 4. The topological polar surface area (TPSA) is 51.6 Å². The standard InChI is InChI=1S/C50H30N4/c1-2-11-33(12-3-1)50-53-46(34-22-24-41-37-16-5-4-14-35(37)36-15-6-9-19-40(36)44(41)29-34)30-47(54-50)43-26-25-42(38-17-7-8-18-39(38)43)45-27-23-32-21-20-31-13-10-28-51-48(31)49(32)52-45/h1-30H. The molecule has 0 N–H and O–H groups in total. The van der Waals surface area contributed by atoms with E-state index in [1.807, 2.05) is 30.5 Å². The summed E-state index contributed by atoms with van der Waals surface area (Å²) in [6.07, 6.45) is 1.84. The number of benzene rings is 8. The monoisotopic (exact) mass is 686 g/mol. The van der Waals surface area contributed by atoms with Crippen molar-refractivity contribution in [2.75, 3.05) is 0 Å². The highest BCUT2D eigenvalue weighted by atomic mass is 14.9. The molecule has 0 unspecified atom stereocenters. The minimum absolute atomic E-state index is 0.690. The second-order valence-electron chi connectivity index (χ2n) is 13.8. The van der Waals surface area contributed by atoms with Crippen molar-refractivity contribution in [2.24, 2.45) is 0 Å². The molecule has 8 aromatic carbocycles. The van der Waals surface area contributed by atoms with Crippen LogP contribution in [0.25, 0.3) is 110 Å². The minimum atomic E-state index is 0.690. The Morgan fingerprint density at radius 1 is 0.296 bits per heavy atom. The molecule has 11 aromatic rings. The van der Waals surface area contributed by atoms with Gasteiger partial charge in [-0.05, 0) is 67.4 Å². The highest BCUT2D eigenvalue weighted by Gasteiger charge is 2.17. The van der Waals surface area contributed by atoms with E-state index in [9.17, 15) is 0 Å². The Bertz CT molecular complexity index is 3240. The molecule has 4 heteroatoms. The van der Waals surface area contributed by atoms with Gasteiger partial charge in [-0.2, -0.15) is 0 Å². The maximum absolute atomic E-state index is 5.25. The maximum Gasteiger partial charge on any atom is 0.160 e. The van der Waals surface area contributed by atoms with Gasteiger partial charge in [-0.3, -0.25) is 4.98 Å². The Hall–Kier alpha value is -7.30. The number of rotatable bonds is 4. The number of nitrogens with zero attached hydrogens (tertiary/aromatic N) is 4. The van der Waals surface area contributed by atoms with Crippen LogP contribution in [0.4, 0.5) is 0 Å². The first kappa shape index (κ1) is 30.3.